The average Bonchev–Trinajstić information content (AvgIpc) is 3.79. The van der Waals surface area contributed by atoms with Crippen LogP contribution in [0, 0.1) is 0 Å². The molecule has 0 aliphatic carbocycles. The Morgan fingerprint density at radius 2 is 1.19 bits per heavy atom. The summed E-state index contributed by atoms with van der Waals surface area (Å²) >= 11 is 1.98. The van der Waals surface area contributed by atoms with Crippen molar-refractivity contribution in [1.29, 1.82) is 0 Å². The number of hydrogen-bond donors (Lipinski definition) is 0. The third-order valence-electron chi connectivity index (χ3n) is 13.9. The number of para-hydroxylation sites is 1. The topological polar surface area (TPSA) is 11.4 Å². The van der Waals surface area contributed by atoms with E-state index < -0.39 is 0 Å². The van der Waals surface area contributed by atoms with Gasteiger partial charge in [-0.2, -0.15) is 0 Å². The summed E-state index contributed by atoms with van der Waals surface area (Å²) in [5.41, 5.74) is 20.6. The van der Waals surface area contributed by atoms with Gasteiger partial charge in [-0.1, -0.05) is 122 Å². The SMILES string of the molecule is CCc1ccc(N2c3cccc4c3B(c3cc(CC)ccc3N4c3ccc(C(C)(C)C)cc3-c3ccc4c(c3)c3ccccc3n4C)c3sc4ccc(C(C)(C)C)cc4c32)cc1. The van der Waals surface area contributed by atoms with Crippen molar-refractivity contribution in [2.45, 2.75) is 79.1 Å². The van der Waals surface area contributed by atoms with Crippen molar-refractivity contribution in [3.63, 3.8) is 0 Å². The van der Waals surface area contributed by atoms with Crippen molar-refractivity contribution in [2.75, 3.05) is 9.80 Å². The highest BCUT2D eigenvalue weighted by Crippen LogP contribution is 2.50. The van der Waals surface area contributed by atoms with Gasteiger partial charge in [0.1, 0.15) is 0 Å². The van der Waals surface area contributed by atoms with Gasteiger partial charge in [-0.15, -0.1) is 11.3 Å². The Hall–Kier alpha value is -6.04. The van der Waals surface area contributed by atoms with Crippen molar-refractivity contribution in [3.8, 4) is 11.1 Å². The fraction of sp³-hybridized carbons (Fsp3) is 0.228. The predicted octanol–water partition coefficient (Wildman–Crippen LogP) is 14.0. The first-order chi connectivity index (χ1) is 29.8. The first-order valence-corrected chi connectivity index (χ1v) is 23.3. The summed E-state index contributed by atoms with van der Waals surface area (Å²) in [5.74, 6) is 0. The molecule has 0 spiro atoms. The highest BCUT2D eigenvalue weighted by Gasteiger charge is 2.45. The maximum Gasteiger partial charge on any atom is 0.264 e. The number of aryl methyl sites for hydroxylation is 3. The van der Waals surface area contributed by atoms with Gasteiger partial charge in [0.15, 0.2) is 0 Å². The minimum absolute atomic E-state index is 0.0259. The van der Waals surface area contributed by atoms with Crippen LogP contribution in [0.2, 0.25) is 0 Å². The van der Waals surface area contributed by atoms with Crippen LogP contribution in [0.3, 0.4) is 0 Å². The monoisotopic (exact) mass is 823 g/mol. The molecule has 5 heteroatoms. The third-order valence-corrected chi connectivity index (χ3v) is 15.1. The van der Waals surface area contributed by atoms with Crippen LogP contribution in [-0.2, 0) is 30.7 Å². The van der Waals surface area contributed by atoms with E-state index in [0.29, 0.717) is 0 Å². The van der Waals surface area contributed by atoms with Gasteiger partial charge in [0.25, 0.3) is 6.71 Å². The summed E-state index contributed by atoms with van der Waals surface area (Å²) in [6, 6.07) is 54.1. The number of thiophene rings is 1. The van der Waals surface area contributed by atoms with Gasteiger partial charge in [-0.25, -0.2) is 0 Å². The molecule has 0 radical (unpaired) electrons. The van der Waals surface area contributed by atoms with Crippen molar-refractivity contribution in [3.05, 3.63) is 162 Å². The maximum atomic E-state index is 2.60. The Morgan fingerprint density at radius 3 is 1.94 bits per heavy atom. The number of anilines is 6. The first kappa shape index (κ1) is 38.9. The molecule has 3 nitrogen and oxygen atoms in total. The molecule has 0 saturated carbocycles. The molecular weight excluding hydrogens is 770 g/mol. The summed E-state index contributed by atoms with van der Waals surface area (Å²) in [7, 11) is 2.19. The molecule has 2 aromatic heterocycles. The molecule has 0 N–H and O–H groups in total. The summed E-state index contributed by atoms with van der Waals surface area (Å²) in [6.07, 6.45) is 2.00. The Balaban J connectivity index is 1.21. The second kappa shape index (κ2) is 14.0. The molecule has 0 saturated heterocycles. The lowest BCUT2D eigenvalue weighted by Gasteiger charge is -2.43. The van der Waals surface area contributed by atoms with Gasteiger partial charge in [0, 0.05) is 72.0 Å². The molecule has 0 amide bonds. The van der Waals surface area contributed by atoms with E-state index in [1.165, 1.54) is 115 Å². The molecule has 0 fully saturated rings. The van der Waals surface area contributed by atoms with Crippen LogP contribution in [0.1, 0.15) is 77.6 Å². The van der Waals surface area contributed by atoms with Crippen LogP contribution in [-0.4, -0.2) is 11.3 Å². The summed E-state index contributed by atoms with van der Waals surface area (Å²) < 4.78 is 5.09. The Bertz CT molecular complexity index is 3260. The van der Waals surface area contributed by atoms with E-state index in [1.54, 1.807) is 0 Å². The van der Waals surface area contributed by atoms with Crippen LogP contribution >= 0.6 is 11.3 Å². The molecule has 11 rings (SSSR count). The zero-order chi connectivity index (χ0) is 42.8. The summed E-state index contributed by atoms with van der Waals surface area (Å²) in [5, 5.41) is 3.91. The minimum Gasteiger partial charge on any atom is -0.344 e. The van der Waals surface area contributed by atoms with Crippen molar-refractivity contribution in [1.82, 2.24) is 4.57 Å². The quantitative estimate of drug-likeness (QED) is 0.160. The molecule has 2 aliphatic heterocycles. The number of hydrogen-bond acceptors (Lipinski definition) is 3. The highest BCUT2D eigenvalue weighted by molar-refractivity contribution is 7.33. The van der Waals surface area contributed by atoms with Gasteiger partial charge >= 0.3 is 0 Å². The number of fused-ring (bicyclic) bond motifs is 9. The van der Waals surface area contributed by atoms with Crippen LogP contribution in [0.15, 0.2) is 140 Å². The van der Waals surface area contributed by atoms with Crippen molar-refractivity contribution in [2.24, 2.45) is 7.05 Å². The van der Waals surface area contributed by atoms with E-state index in [9.17, 15) is 0 Å². The minimum atomic E-state index is -0.0259. The van der Waals surface area contributed by atoms with Gasteiger partial charge in [0.2, 0.25) is 0 Å². The van der Waals surface area contributed by atoms with Gasteiger partial charge < -0.3 is 14.4 Å². The van der Waals surface area contributed by atoms with Crippen LogP contribution in [0.25, 0.3) is 43.0 Å². The lowest BCUT2D eigenvalue weighted by molar-refractivity contribution is 0.590. The lowest BCUT2D eigenvalue weighted by atomic mass is 9.36. The van der Waals surface area contributed by atoms with Crippen LogP contribution < -0.4 is 25.5 Å². The Morgan fingerprint density at radius 1 is 0.532 bits per heavy atom. The van der Waals surface area contributed by atoms with Crippen LogP contribution in [0.5, 0.6) is 0 Å². The maximum absolute atomic E-state index is 2.60. The summed E-state index contributed by atoms with van der Waals surface area (Å²) in [4.78, 5) is 5.20. The van der Waals surface area contributed by atoms with Gasteiger partial charge in [0.05, 0.1) is 11.4 Å². The predicted molar refractivity (Wildman–Crippen MR) is 271 cm³/mol. The van der Waals surface area contributed by atoms with Crippen molar-refractivity contribution < 1.29 is 0 Å². The normalized spacial score (nSPS) is 13.6. The van der Waals surface area contributed by atoms with E-state index in [2.05, 4.69) is 216 Å². The van der Waals surface area contributed by atoms with E-state index in [-0.39, 0.29) is 17.5 Å². The molecule has 4 heterocycles. The molecular formula is C57H54BN3S. The van der Waals surface area contributed by atoms with E-state index in [4.69, 9.17) is 0 Å². The van der Waals surface area contributed by atoms with Crippen molar-refractivity contribution >= 4 is 99.8 Å². The number of nitrogens with zero attached hydrogens (tertiary/aromatic N) is 3. The molecule has 0 bridgehead atoms. The molecule has 2 aliphatic rings. The molecule has 7 aromatic carbocycles. The highest BCUT2D eigenvalue weighted by atomic mass is 32.1. The lowest BCUT2D eigenvalue weighted by Crippen LogP contribution is -2.60. The fourth-order valence-electron chi connectivity index (χ4n) is 10.3. The van der Waals surface area contributed by atoms with Gasteiger partial charge in [-0.3, -0.25) is 0 Å². The molecule has 0 unspecified atom stereocenters. The molecule has 62 heavy (non-hydrogen) atoms. The zero-order valence-corrected chi connectivity index (χ0v) is 38.3. The van der Waals surface area contributed by atoms with E-state index in [0.717, 1.165) is 12.8 Å². The van der Waals surface area contributed by atoms with E-state index in [1.807, 2.05) is 11.3 Å². The Kier molecular flexibility index (Phi) is 8.77. The first-order valence-electron chi connectivity index (χ1n) is 22.5. The number of rotatable bonds is 5. The third kappa shape index (κ3) is 5.84. The fourth-order valence-corrected chi connectivity index (χ4v) is 11.6. The zero-order valence-electron chi connectivity index (χ0n) is 37.5. The smallest absolute Gasteiger partial charge is 0.264 e. The van der Waals surface area contributed by atoms with E-state index >= 15 is 0 Å². The van der Waals surface area contributed by atoms with Gasteiger partial charge in [-0.05, 0) is 135 Å². The number of benzene rings is 7. The largest absolute Gasteiger partial charge is 0.344 e. The standard InChI is InChI=1S/C57H54BN3S/c1-10-35-19-25-40(26-20-35)60-50-17-14-18-51-53(50)58(55-54(60)44-34-39(57(6,7)8)24-30-52(44)62-55)45-31-36(11-2)21-27-49(45)61(51)48-29-23-38(56(3,4)5)33-42(48)37-22-28-47-43(32-37)41-15-12-13-16-46(41)59(47)9/h12-34H,10-11H2,1-9H3. The van der Waals surface area contributed by atoms with Crippen LogP contribution in [0.4, 0.5) is 34.1 Å². The average molecular weight is 824 g/mol. The summed E-state index contributed by atoms with van der Waals surface area (Å²) in [6.45, 7) is 18.6. The molecule has 0 atom stereocenters. The molecule has 9 aromatic rings. The molecule has 306 valence electrons. The Labute approximate surface area is 371 Å². The second-order valence-corrected chi connectivity index (χ2v) is 20.7. The number of aromatic nitrogens is 1. The second-order valence-electron chi connectivity index (χ2n) is 19.6.